The monoisotopic (exact) mass is 584 g/mol. The zero-order valence-corrected chi connectivity index (χ0v) is 25.1. The van der Waals surface area contributed by atoms with Crippen LogP contribution in [0.2, 0.25) is 0 Å². The largest absolute Gasteiger partial charge is 0.465 e. The molecule has 2 saturated heterocycles. The number of esters is 2. The Morgan fingerprint density at radius 2 is 1.74 bits per heavy atom. The number of carbonyl (C=O) groups is 3. The number of benzene rings is 1. The Balaban J connectivity index is 1.68. The molecule has 42 heavy (non-hydrogen) atoms. The molecular weight excluding hydrogens is 544 g/mol. The highest BCUT2D eigenvalue weighted by molar-refractivity contribution is 5.90. The van der Waals surface area contributed by atoms with Gasteiger partial charge in [0.05, 0.1) is 24.2 Å². The van der Waals surface area contributed by atoms with Crippen LogP contribution in [0, 0.1) is 22.7 Å². The second-order valence-electron chi connectivity index (χ2n) is 13.8. The number of ketones is 1. The molecule has 2 bridgehead atoms. The molecule has 10 heteroatoms. The predicted molar refractivity (Wildman–Crippen MR) is 147 cm³/mol. The van der Waals surface area contributed by atoms with Crippen molar-refractivity contribution in [2.75, 3.05) is 6.61 Å². The van der Waals surface area contributed by atoms with Crippen LogP contribution in [0.1, 0.15) is 71.7 Å². The van der Waals surface area contributed by atoms with Gasteiger partial charge in [-0.1, -0.05) is 45.9 Å². The van der Waals surface area contributed by atoms with Gasteiger partial charge in [0, 0.05) is 50.4 Å². The molecule has 2 aliphatic heterocycles. The number of hydrogen-bond donors (Lipinski definition) is 2. The lowest BCUT2D eigenvalue weighted by Crippen LogP contribution is -2.81. The number of hydrogen-bond acceptors (Lipinski definition) is 10. The summed E-state index contributed by atoms with van der Waals surface area (Å²) in [5.41, 5.74) is -5.09. The standard InChI is InChI=1S/C32H40O10/c1-16-19(34)14-32(37)26(39-27(36)18-11-9-8-10-12-18)24-30(7,20(35)13-21-31(24,15-38-21)40-17(2)33)25-23(22(16)28(32,3)4)41-29(5,6)42-25/h8-12,16,20-21,24-26,35,37H,13-15H2,1-7H3/b23-22+/t16?,20-,21+,24-,25+,26-,30+,31-,32+/m0/s1. The van der Waals surface area contributed by atoms with Crippen molar-refractivity contribution in [3.8, 4) is 0 Å². The van der Waals surface area contributed by atoms with Gasteiger partial charge < -0.3 is 33.9 Å². The minimum Gasteiger partial charge on any atom is -0.465 e. The first-order chi connectivity index (χ1) is 19.5. The van der Waals surface area contributed by atoms with Crippen LogP contribution in [0.3, 0.4) is 0 Å². The van der Waals surface area contributed by atoms with E-state index in [0.717, 1.165) is 0 Å². The number of Topliss-reactive ketones (excluding diaryl/α,β-unsaturated/α-hetero) is 1. The summed E-state index contributed by atoms with van der Waals surface area (Å²) in [5.74, 6) is -4.02. The Kier molecular flexibility index (Phi) is 6.35. The molecule has 2 heterocycles. The van der Waals surface area contributed by atoms with Crippen molar-refractivity contribution in [2.45, 2.75) is 103 Å². The van der Waals surface area contributed by atoms with E-state index in [-0.39, 0.29) is 30.8 Å². The molecule has 1 aromatic rings. The fourth-order valence-corrected chi connectivity index (χ4v) is 8.50. The summed E-state index contributed by atoms with van der Waals surface area (Å²) in [6.45, 7) is 11.9. The van der Waals surface area contributed by atoms with E-state index in [1.54, 1.807) is 58.0 Å². The second-order valence-corrected chi connectivity index (χ2v) is 13.8. The van der Waals surface area contributed by atoms with Crippen LogP contribution < -0.4 is 0 Å². The third-order valence-electron chi connectivity index (χ3n) is 10.7. The molecule has 1 aromatic carbocycles. The van der Waals surface area contributed by atoms with Crippen molar-refractivity contribution < 1.29 is 48.3 Å². The van der Waals surface area contributed by atoms with Crippen LogP contribution in [-0.2, 0) is 33.3 Å². The maximum absolute atomic E-state index is 13.8. The summed E-state index contributed by atoms with van der Waals surface area (Å²) in [6.07, 6.45) is -4.41. The van der Waals surface area contributed by atoms with Crippen LogP contribution >= 0.6 is 0 Å². The van der Waals surface area contributed by atoms with Gasteiger partial charge in [-0.3, -0.25) is 9.59 Å². The number of aliphatic hydroxyl groups is 2. The molecule has 1 unspecified atom stereocenters. The fraction of sp³-hybridized carbons (Fsp3) is 0.656. The average molecular weight is 585 g/mol. The molecule has 0 spiro atoms. The van der Waals surface area contributed by atoms with Gasteiger partial charge in [0.2, 0.25) is 5.79 Å². The lowest BCUT2D eigenvalue weighted by atomic mass is 9.44. The van der Waals surface area contributed by atoms with E-state index in [9.17, 15) is 24.6 Å². The number of rotatable bonds is 3. The molecule has 2 N–H and O–H groups in total. The molecule has 4 fully saturated rings. The van der Waals surface area contributed by atoms with E-state index < -0.39 is 76.0 Å². The Morgan fingerprint density at radius 1 is 1.07 bits per heavy atom. The summed E-state index contributed by atoms with van der Waals surface area (Å²) in [7, 11) is 0. The highest BCUT2D eigenvalue weighted by atomic mass is 16.7. The Hall–Kier alpha value is -2.79. The minimum absolute atomic E-state index is 0.0483. The first-order valence-corrected chi connectivity index (χ1v) is 14.6. The first-order valence-electron chi connectivity index (χ1n) is 14.6. The zero-order chi connectivity index (χ0) is 30.6. The molecule has 0 radical (unpaired) electrons. The molecular formula is C32H40O10. The topological polar surface area (TPSA) is 138 Å². The summed E-state index contributed by atoms with van der Waals surface area (Å²) in [4.78, 5) is 40.2. The lowest BCUT2D eigenvalue weighted by Gasteiger charge is -2.67. The molecule has 2 saturated carbocycles. The summed E-state index contributed by atoms with van der Waals surface area (Å²) in [5, 5.41) is 24.9. The lowest BCUT2D eigenvalue weighted by molar-refractivity contribution is -0.359. The summed E-state index contributed by atoms with van der Waals surface area (Å²) >= 11 is 0. The molecule has 3 aliphatic carbocycles. The minimum atomic E-state index is -1.99. The fourth-order valence-electron chi connectivity index (χ4n) is 8.50. The molecule has 5 aliphatic rings. The van der Waals surface area contributed by atoms with Crippen LogP contribution in [0.4, 0.5) is 0 Å². The number of ether oxygens (including phenoxy) is 5. The van der Waals surface area contributed by atoms with E-state index in [1.807, 2.05) is 13.8 Å². The van der Waals surface area contributed by atoms with E-state index in [0.29, 0.717) is 11.3 Å². The van der Waals surface area contributed by atoms with Crippen molar-refractivity contribution in [1.82, 2.24) is 0 Å². The van der Waals surface area contributed by atoms with Gasteiger partial charge in [-0.05, 0) is 17.7 Å². The average Bonchev–Trinajstić information content (AvgIpc) is 3.22. The highest BCUT2D eigenvalue weighted by Gasteiger charge is 2.78. The van der Waals surface area contributed by atoms with Gasteiger partial charge >= 0.3 is 11.9 Å². The van der Waals surface area contributed by atoms with Gasteiger partial charge in [0.25, 0.3) is 0 Å². The molecule has 9 atom stereocenters. The van der Waals surface area contributed by atoms with Crippen LogP contribution in [0.5, 0.6) is 0 Å². The first kappa shape index (κ1) is 29.3. The Labute approximate surface area is 245 Å². The maximum atomic E-state index is 13.8. The second kappa shape index (κ2) is 9.11. The van der Waals surface area contributed by atoms with E-state index >= 15 is 0 Å². The zero-order valence-electron chi connectivity index (χ0n) is 25.1. The predicted octanol–water partition coefficient (Wildman–Crippen LogP) is 3.09. The molecule has 10 nitrogen and oxygen atoms in total. The maximum Gasteiger partial charge on any atom is 0.338 e. The van der Waals surface area contributed by atoms with Crippen molar-refractivity contribution >= 4 is 17.7 Å². The third-order valence-corrected chi connectivity index (χ3v) is 10.7. The normalized spacial score (nSPS) is 44.6. The molecule has 6 rings (SSSR count). The molecule has 228 valence electrons. The van der Waals surface area contributed by atoms with Gasteiger partial charge in [-0.15, -0.1) is 0 Å². The van der Waals surface area contributed by atoms with Crippen LogP contribution in [0.25, 0.3) is 0 Å². The summed E-state index contributed by atoms with van der Waals surface area (Å²) < 4.78 is 31.4. The van der Waals surface area contributed by atoms with E-state index in [4.69, 9.17) is 23.7 Å². The Morgan fingerprint density at radius 3 is 2.33 bits per heavy atom. The van der Waals surface area contributed by atoms with Gasteiger partial charge in [0.15, 0.2) is 5.60 Å². The third kappa shape index (κ3) is 3.74. The Bertz CT molecular complexity index is 1370. The van der Waals surface area contributed by atoms with E-state index in [1.165, 1.54) is 6.92 Å². The van der Waals surface area contributed by atoms with Crippen molar-refractivity contribution in [2.24, 2.45) is 22.7 Å². The van der Waals surface area contributed by atoms with Crippen LogP contribution in [-0.4, -0.2) is 75.9 Å². The molecule has 0 aromatic heterocycles. The van der Waals surface area contributed by atoms with Gasteiger partial charge in [0.1, 0.15) is 35.5 Å². The quantitative estimate of drug-likeness (QED) is 0.510. The van der Waals surface area contributed by atoms with E-state index in [2.05, 4.69) is 0 Å². The van der Waals surface area contributed by atoms with Gasteiger partial charge in [-0.25, -0.2) is 4.79 Å². The number of fused-ring (bicyclic) bond motifs is 7. The molecule has 0 amide bonds. The van der Waals surface area contributed by atoms with Crippen LogP contribution in [0.15, 0.2) is 41.7 Å². The van der Waals surface area contributed by atoms with Crippen molar-refractivity contribution in [3.63, 3.8) is 0 Å². The smallest absolute Gasteiger partial charge is 0.338 e. The van der Waals surface area contributed by atoms with Crippen molar-refractivity contribution in [3.05, 3.63) is 47.2 Å². The highest BCUT2D eigenvalue weighted by Crippen LogP contribution is 2.67. The number of carbonyl (C=O) groups excluding carboxylic acids is 3. The number of aliphatic hydroxyl groups excluding tert-OH is 1. The summed E-state index contributed by atoms with van der Waals surface area (Å²) in [6, 6.07) is 8.36. The van der Waals surface area contributed by atoms with Gasteiger partial charge in [-0.2, -0.15) is 0 Å². The van der Waals surface area contributed by atoms with Crippen molar-refractivity contribution in [1.29, 1.82) is 0 Å². The SMILES string of the molecule is CC(=O)O[C@@]12CO[C@@H]1C[C@H](O)[C@@]1(C)[C@@H]3OC(C)(C)O/C3=C3\C(C)C(=O)C[C@@](O)([C@@H](OC(=O)c4ccccc4)[C@H]21)C3(C)C.